The van der Waals surface area contributed by atoms with E-state index in [1.807, 2.05) is 0 Å². The molecule has 102 valence electrons. The summed E-state index contributed by atoms with van der Waals surface area (Å²) in [5.74, 6) is 0. The van der Waals surface area contributed by atoms with Crippen molar-refractivity contribution >= 4 is 5.69 Å². The molecule has 0 saturated heterocycles. The fourth-order valence-electron chi connectivity index (χ4n) is 1.92. The summed E-state index contributed by atoms with van der Waals surface area (Å²) in [6.45, 7) is 9.70. The average molecular weight is 250 g/mol. The molecule has 0 amide bonds. The molecule has 0 heterocycles. The van der Waals surface area contributed by atoms with Crippen LogP contribution < -0.4 is 10.6 Å². The number of nitrogens with zero attached hydrogens (tertiary/aromatic N) is 1. The first kappa shape index (κ1) is 15.0. The van der Waals surface area contributed by atoms with E-state index in [1.165, 1.54) is 11.3 Å². The maximum absolute atomic E-state index is 5.62. The van der Waals surface area contributed by atoms with Crippen molar-refractivity contribution in [3.63, 3.8) is 0 Å². The van der Waals surface area contributed by atoms with Crippen molar-refractivity contribution in [2.75, 3.05) is 24.7 Å². The third-order valence-electron chi connectivity index (χ3n) is 2.95. The Hall–Kier alpha value is -1.06. The van der Waals surface area contributed by atoms with E-state index in [4.69, 9.17) is 10.5 Å². The van der Waals surface area contributed by atoms with Gasteiger partial charge in [0.1, 0.15) is 0 Å². The topological polar surface area (TPSA) is 38.5 Å². The van der Waals surface area contributed by atoms with Crippen LogP contribution in [0.2, 0.25) is 0 Å². The van der Waals surface area contributed by atoms with Crippen molar-refractivity contribution in [1.82, 2.24) is 0 Å². The average Bonchev–Trinajstić information content (AvgIpc) is 2.39. The number of benzene rings is 1. The summed E-state index contributed by atoms with van der Waals surface area (Å²) in [6, 6.07) is 8.94. The minimum atomic E-state index is 0.471. The highest BCUT2D eigenvalue weighted by Gasteiger charge is 2.09. The summed E-state index contributed by atoms with van der Waals surface area (Å²) in [6.07, 6.45) is 1.08. The zero-order chi connectivity index (χ0) is 13.4. The number of ether oxygens (including phenoxy) is 1. The Balaban J connectivity index is 2.59. The zero-order valence-electron chi connectivity index (χ0n) is 11.9. The van der Waals surface area contributed by atoms with Gasteiger partial charge in [0.2, 0.25) is 0 Å². The second-order valence-corrected chi connectivity index (χ2v) is 4.77. The van der Waals surface area contributed by atoms with Crippen LogP contribution in [0.3, 0.4) is 0 Å². The lowest BCUT2D eigenvalue weighted by atomic mass is 10.1. The third kappa shape index (κ3) is 4.67. The van der Waals surface area contributed by atoms with Crippen LogP contribution in [0.15, 0.2) is 24.3 Å². The molecule has 1 rings (SSSR count). The fourth-order valence-corrected chi connectivity index (χ4v) is 1.92. The van der Waals surface area contributed by atoms with Crippen LogP contribution in [0, 0.1) is 0 Å². The van der Waals surface area contributed by atoms with Crippen molar-refractivity contribution < 1.29 is 4.74 Å². The number of rotatable bonds is 8. The van der Waals surface area contributed by atoms with Gasteiger partial charge in [-0.15, -0.1) is 0 Å². The predicted molar refractivity (Wildman–Crippen MR) is 77.9 cm³/mol. The Kier molecular flexibility index (Phi) is 6.76. The summed E-state index contributed by atoms with van der Waals surface area (Å²) >= 11 is 0. The molecule has 1 aromatic carbocycles. The van der Waals surface area contributed by atoms with E-state index < -0.39 is 0 Å². The highest BCUT2D eigenvalue weighted by molar-refractivity contribution is 5.48. The van der Waals surface area contributed by atoms with E-state index in [0.717, 1.165) is 26.2 Å². The normalized spacial score (nSPS) is 10.9. The van der Waals surface area contributed by atoms with E-state index in [0.29, 0.717) is 12.6 Å². The molecule has 0 aliphatic rings. The SMILES string of the molecule is CCCOCCN(c1ccc(CN)cc1)C(C)C. The van der Waals surface area contributed by atoms with Gasteiger partial charge in [0, 0.05) is 31.4 Å². The smallest absolute Gasteiger partial charge is 0.0641 e. The number of anilines is 1. The van der Waals surface area contributed by atoms with Crippen LogP contribution in [0.4, 0.5) is 5.69 Å². The van der Waals surface area contributed by atoms with Crippen LogP contribution in [0.1, 0.15) is 32.8 Å². The second kappa shape index (κ2) is 8.11. The molecule has 18 heavy (non-hydrogen) atoms. The number of hydrogen-bond donors (Lipinski definition) is 1. The molecule has 0 aliphatic heterocycles. The Morgan fingerprint density at radius 1 is 1.17 bits per heavy atom. The lowest BCUT2D eigenvalue weighted by Crippen LogP contribution is -2.34. The molecule has 0 radical (unpaired) electrons. The van der Waals surface area contributed by atoms with E-state index in [1.54, 1.807) is 0 Å². The Morgan fingerprint density at radius 2 is 1.83 bits per heavy atom. The van der Waals surface area contributed by atoms with Gasteiger partial charge in [0.05, 0.1) is 6.61 Å². The molecular formula is C15H26N2O. The Bertz CT molecular complexity index is 322. The Morgan fingerprint density at radius 3 is 2.33 bits per heavy atom. The van der Waals surface area contributed by atoms with Gasteiger partial charge in [0.25, 0.3) is 0 Å². The maximum Gasteiger partial charge on any atom is 0.0641 e. The summed E-state index contributed by atoms with van der Waals surface area (Å²) in [5.41, 5.74) is 8.02. The van der Waals surface area contributed by atoms with Crippen LogP contribution in [-0.4, -0.2) is 25.8 Å². The Labute approximate surface area is 111 Å². The van der Waals surface area contributed by atoms with Gasteiger partial charge in [-0.3, -0.25) is 0 Å². The molecule has 0 spiro atoms. The minimum Gasteiger partial charge on any atom is -0.380 e. The minimum absolute atomic E-state index is 0.471. The van der Waals surface area contributed by atoms with Crippen LogP contribution in [-0.2, 0) is 11.3 Å². The first-order chi connectivity index (χ1) is 8.69. The summed E-state index contributed by atoms with van der Waals surface area (Å²) in [7, 11) is 0. The molecule has 0 aliphatic carbocycles. The third-order valence-corrected chi connectivity index (χ3v) is 2.95. The summed E-state index contributed by atoms with van der Waals surface area (Å²) in [5, 5.41) is 0. The maximum atomic E-state index is 5.62. The molecule has 3 nitrogen and oxygen atoms in total. The van der Waals surface area contributed by atoms with Crippen molar-refractivity contribution in [3.05, 3.63) is 29.8 Å². The second-order valence-electron chi connectivity index (χ2n) is 4.77. The molecular weight excluding hydrogens is 224 g/mol. The molecule has 0 bridgehead atoms. The van der Waals surface area contributed by atoms with Gasteiger partial charge < -0.3 is 15.4 Å². The molecule has 0 aromatic heterocycles. The quantitative estimate of drug-likeness (QED) is 0.721. The lowest BCUT2D eigenvalue weighted by Gasteiger charge is -2.29. The molecule has 0 fully saturated rings. The van der Waals surface area contributed by atoms with E-state index in [2.05, 4.69) is 49.9 Å². The fraction of sp³-hybridized carbons (Fsp3) is 0.600. The van der Waals surface area contributed by atoms with Gasteiger partial charge in [-0.1, -0.05) is 19.1 Å². The standard InChI is InChI=1S/C15H26N2O/c1-4-10-18-11-9-17(13(2)3)15-7-5-14(12-16)6-8-15/h5-8,13H,4,9-12,16H2,1-3H3. The van der Waals surface area contributed by atoms with Crippen molar-refractivity contribution in [1.29, 1.82) is 0 Å². The highest BCUT2D eigenvalue weighted by Crippen LogP contribution is 2.17. The molecule has 3 heteroatoms. The van der Waals surface area contributed by atoms with Gasteiger partial charge in [0.15, 0.2) is 0 Å². The van der Waals surface area contributed by atoms with Crippen molar-refractivity contribution in [2.45, 2.75) is 39.8 Å². The molecule has 1 aromatic rings. The van der Waals surface area contributed by atoms with Crippen molar-refractivity contribution in [2.24, 2.45) is 5.73 Å². The highest BCUT2D eigenvalue weighted by atomic mass is 16.5. The molecule has 0 atom stereocenters. The van der Waals surface area contributed by atoms with Gasteiger partial charge in [-0.2, -0.15) is 0 Å². The van der Waals surface area contributed by atoms with E-state index in [-0.39, 0.29) is 0 Å². The number of nitrogens with two attached hydrogens (primary N) is 1. The lowest BCUT2D eigenvalue weighted by molar-refractivity contribution is 0.140. The summed E-state index contributed by atoms with van der Waals surface area (Å²) < 4.78 is 5.57. The van der Waals surface area contributed by atoms with Gasteiger partial charge in [-0.05, 0) is 38.0 Å². The van der Waals surface area contributed by atoms with Crippen LogP contribution >= 0.6 is 0 Å². The monoisotopic (exact) mass is 250 g/mol. The van der Waals surface area contributed by atoms with Gasteiger partial charge >= 0.3 is 0 Å². The molecule has 2 N–H and O–H groups in total. The first-order valence-electron chi connectivity index (χ1n) is 6.82. The first-order valence-corrected chi connectivity index (χ1v) is 6.82. The number of hydrogen-bond acceptors (Lipinski definition) is 3. The van der Waals surface area contributed by atoms with Crippen LogP contribution in [0.25, 0.3) is 0 Å². The van der Waals surface area contributed by atoms with Gasteiger partial charge in [-0.25, -0.2) is 0 Å². The van der Waals surface area contributed by atoms with E-state index in [9.17, 15) is 0 Å². The predicted octanol–water partition coefficient (Wildman–Crippen LogP) is 2.79. The van der Waals surface area contributed by atoms with Crippen molar-refractivity contribution in [3.8, 4) is 0 Å². The summed E-state index contributed by atoms with van der Waals surface area (Å²) in [4.78, 5) is 2.36. The van der Waals surface area contributed by atoms with Crippen LogP contribution in [0.5, 0.6) is 0 Å². The largest absolute Gasteiger partial charge is 0.380 e. The molecule has 0 unspecified atom stereocenters. The van der Waals surface area contributed by atoms with E-state index >= 15 is 0 Å². The zero-order valence-corrected chi connectivity index (χ0v) is 11.9. The molecule has 0 saturated carbocycles.